The van der Waals surface area contributed by atoms with Gasteiger partial charge in [-0.25, -0.2) is 4.83 Å². The predicted octanol–water partition coefficient (Wildman–Crippen LogP) is 2.68. The van der Waals surface area contributed by atoms with Crippen molar-refractivity contribution in [2.45, 2.75) is 4.90 Å². The lowest BCUT2D eigenvalue weighted by Crippen LogP contribution is -2.18. The number of rotatable bonds is 7. The average Bonchev–Trinajstić information content (AvgIpc) is 2.61. The van der Waals surface area contributed by atoms with Crippen LogP contribution in [0.15, 0.2) is 46.4 Å². The lowest BCUT2D eigenvalue weighted by atomic mass is 10.2. The van der Waals surface area contributed by atoms with E-state index in [2.05, 4.69) is 9.93 Å². The molecule has 2 rings (SSSR count). The van der Waals surface area contributed by atoms with E-state index in [-0.39, 0.29) is 4.90 Å². The Balaban J connectivity index is 2.23. The SMILES string of the molecule is COc1cc(C=NNS(=O)(=O)c2ccc(Cl)cc2)cc(OC)c1OC. The van der Waals surface area contributed by atoms with Crippen molar-refractivity contribution in [3.05, 3.63) is 47.0 Å². The molecule has 7 nitrogen and oxygen atoms in total. The maximum Gasteiger partial charge on any atom is 0.276 e. The summed E-state index contributed by atoms with van der Waals surface area (Å²) in [4.78, 5) is 2.19. The molecular formula is C16H17ClN2O5S. The molecule has 134 valence electrons. The molecule has 2 aromatic carbocycles. The van der Waals surface area contributed by atoms with Crippen molar-refractivity contribution in [2.75, 3.05) is 21.3 Å². The molecule has 0 saturated carbocycles. The van der Waals surface area contributed by atoms with E-state index in [0.29, 0.717) is 27.8 Å². The molecule has 0 fully saturated rings. The molecule has 0 aliphatic heterocycles. The Hall–Kier alpha value is -2.45. The summed E-state index contributed by atoms with van der Waals surface area (Å²) < 4.78 is 40.0. The standard InChI is InChI=1S/C16H17ClN2O5S/c1-22-14-8-11(9-15(23-2)16(14)24-3)10-18-19-25(20,21)13-6-4-12(17)5-7-13/h4-10,19H,1-3H3. The first kappa shape index (κ1) is 18.9. The molecule has 0 amide bonds. The highest BCUT2D eigenvalue weighted by Gasteiger charge is 2.14. The van der Waals surface area contributed by atoms with Crippen molar-refractivity contribution < 1.29 is 22.6 Å². The monoisotopic (exact) mass is 384 g/mol. The van der Waals surface area contributed by atoms with E-state index in [4.69, 9.17) is 25.8 Å². The molecule has 0 heterocycles. The van der Waals surface area contributed by atoms with Gasteiger partial charge in [-0.2, -0.15) is 13.5 Å². The van der Waals surface area contributed by atoms with E-state index in [0.717, 1.165) is 0 Å². The Kier molecular flexibility index (Phi) is 6.11. The summed E-state index contributed by atoms with van der Waals surface area (Å²) >= 11 is 5.75. The summed E-state index contributed by atoms with van der Waals surface area (Å²) in [5.41, 5.74) is 0.563. The smallest absolute Gasteiger partial charge is 0.276 e. The van der Waals surface area contributed by atoms with E-state index in [1.54, 1.807) is 12.1 Å². The number of hydrogen-bond donors (Lipinski definition) is 1. The number of hydrazone groups is 1. The van der Waals surface area contributed by atoms with Crippen molar-refractivity contribution in [3.8, 4) is 17.2 Å². The highest BCUT2D eigenvalue weighted by Crippen LogP contribution is 2.37. The topological polar surface area (TPSA) is 86.2 Å². The van der Waals surface area contributed by atoms with Gasteiger partial charge in [-0.05, 0) is 36.4 Å². The van der Waals surface area contributed by atoms with Crippen LogP contribution in [-0.2, 0) is 10.0 Å². The Morgan fingerprint density at radius 3 is 2.04 bits per heavy atom. The Bertz CT molecular complexity index is 842. The Morgan fingerprint density at radius 1 is 1.00 bits per heavy atom. The van der Waals surface area contributed by atoms with Gasteiger partial charge in [0.05, 0.1) is 32.4 Å². The molecule has 0 saturated heterocycles. The number of nitrogens with zero attached hydrogens (tertiary/aromatic N) is 1. The number of ether oxygens (including phenoxy) is 3. The summed E-state index contributed by atoms with van der Waals surface area (Å²) in [5, 5.41) is 4.21. The van der Waals surface area contributed by atoms with Gasteiger partial charge in [0.2, 0.25) is 5.75 Å². The van der Waals surface area contributed by atoms with Gasteiger partial charge in [-0.15, -0.1) is 0 Å². The molecule has 0 bridgehead atoms. The summed E-state index contributed by atoms with van der Waals surface area (Å²) in [6, 6.07) is 9.03. The second-order valence-corrected chi connectivity index (χ2v) is 6.86. The summed E-state index contributed by atoms with van der Waals surface area (Å²) in [6.45, 7) is 0. The molecule has 1 N–H and O–H groups in total. The maximum absolute atomic E-state index is 12.1. The highest BCUT2D eigenvalue weighted by atomic mass is 35.5. The summed E-state index contributed by atoms with van der Waals surface area (Å²) in [5.74, 6) is 1.30. The van der Waals surface area contributed by atoms with Gasteiger partial charge in [-0.1, -0.05) is 11.6 Å². The number of benzene rings is 2. The fourth-order valence-corrected chi connectivity index (χ4v) is 2.93. The molecule has 9 heteroatoms. The number of sulfonamides is 1. The number of halogens is 1. The zero-order chi connectivity index (χ0) is 18.4. The third-order valence-corrected chi connectivity index (χ3v) is 4.69. The van der Waals surface area contributed by atoms with Gasteiger partial charge >= 0.3 is 0 Å². The minimum absolute atomic E-state index is 0.0546. The van der Waals surface area contributed by atoms with Gasteiger partial charge in [0.1, 0.15) is 0 Å². The normalized spacial score (nSPS) is 11.4. The van der Waals surface area contributed by atoms with Crippen LogP contribution in [0.2, 0.25) is 5.02 Å². The van der Waals surface area contributed by atoms with Gasteiger partial charge in [0.15, 0.2) is 11.5 Å². The summed E-state index contributed by atoms with van der Waals surface area (Å²) in [6.07, 6.45) is 1.33. The molecule has 0 spiro atoms. The zero-order valence-corrected chi connectivity index (χ0v) is 15.4. The minimum atomic E-state index is -3.79. The number of methoxy groups -OCH3 is 3. The highest BCUT2D eigenvalue weighted by molar-refractivity contribution is 7.89. The van der Waals surface area contributed by atoms with Gasteiger partial charge in [0, 0.05) is 10.6 Å². The number of hydrogen-bond acceptors (Lipinski definition) is 6. The molecular weight excluding hydrogens is 368 g/mol. The second kappa shape index (κ2) is 8.09. The quantitative estimate of drug-likeness (QED) is 0.586. The van der Waals surface area contributed by atoms with E-state index in [1.807, 2.05) is 0 Å². The van der Waals surface area contributed by atoms with Crippen molar-refractivity contribution >= 4 is 27.8 Å². The molecule has 0 atom stereocenters. The van der Waals surface area contributed by atoms with Crippen LogP contribution in [0, 0.1) is 0 Å². The molecule has 0 aliphatic carbocycles. The molecule has 0 radical (unpaired) electrons. The fraction of sp³-hybridized carbons (Fsp3) is 0.188. The van der Waals surface area contributed by atoms with Crippen molar-refractivity contribution in [2.24, 2.45) is 5.10 Å². The first-order chi connectivity index (χ1) is 11.9. The average molecular weight is 385 g/mol. The Labute approximate surface area is 151 Å². The van der Waals surface area contributed by atoms with Crippen LogP contribution in [0.4, 0.5) is 0 Å². The van der Waals surface area contributed by atoms with Crippen LogP contribution in [-0.4, -0.2) is 36.0 Å². The molecule has 2 aromatic rings. The van der Waals surface area contributed by atoms with Crippen LogP contribution in [0.1, 0.15) is 5.56 Å². The molecule has 0 aromatic heterocycles. The van der Waals surface area contributed by atoms with E-state index < -0.39 is 10.0 Å². The van der Waals surface area contributed by atoms with Gasteiger partial charge in [0.25, 0.3) is 10.0 Å². The van der Waals surface area contributed by atoms with Gasteiger partial charge in [-0.3, -0.25) is 0 Å². The molecule has 0 unspecified atom stereocenters. The van der Waals surface area contributed by atoms with Crippen molar-refractivity contribution in [1.82, 2.24) is 4.83 Å². The van der Waals surface area contributed by atoms with Crippen LogP contribution >= 0.6 is 11.6 Å². The third kappa shape index (κ3) is 4.55. The predicted molar refractivity (Wildman–Crippen MR) is 95.5 cm³/mol. The lowest BCUT2D eigenvalue weighted by Gasteiger charge is -2.12. The zero-order valence-electron chi connectivity index (χ0n) is 13.8. The number of nitrogens with one attached hydrogen (secondary N) is 1. The van der Waals surface area contributed by atoms with Crippen LogP contribution in [0.3, 0.4) is 0 Å². The molecule has 0 aliphatic rings. The van der Waals surface area contributed by atoms with Crippen molar-refractivity contribution in [3.63, 3.8) is 0 Å². The van der Waals surface area contributed by atoms with Gasteiger partial charge < -0.3 is 14.2 Å². The fourth-order valence-electron chi connectivity index (χ4n) is 2.01. The van der Waals surface area contributed by atoms with Crippen LogP contribution < -0.4 is 19.0 Å². The maximum atomic E-state index is 12.1. The van der Waals surface area contributed by atoms with E-state index in [1.165, 1.54) is 51.8 Å². The Morgan fingerprint density at radius 2 is 1.56 bits per heavy atom. The second-order valence-electron chi connectivity index (χ2n) is 4.77. The molecule has 25 heavy (non-hydrogen) atoms. The van der Waals surface area contributed by atoms with Crippen LogP contribution in [0.5, 0.6) is 17.2 Å². The van der Waals surface area contributed by atoms with E-state index in [9.17, 15) is 8.42 Å². The summed E-state index contributed by atoms with van der Waals surface area (Å²) in [7, 11) is 0.684. The van der Waals surface area contributed by atoms with E-state index >= 15 is 0 Å². The largest absolute Gasteiger partial charge is 0.493 e. The van der Waals surface area contributed by atoms with Crippen LogP contribution in [0.25, 0.3) is 0 Å². The first-order valence-electron chi connectivity index (χ1n) is 7.01. The third-order valence-electron chi connectivity index (χ3n) is 3.20. The minimum Gasteiger partial charge on any atom is -0.493 e. The lowest BCUT2D eigenvalue weighted by molar-refractivity contribution is 0.324. The first-order valence-corrected chi connectivity index (χ1v) is 8.88. The van der Waals surface area contributed by atoms with Crippen molar-refractivity contribution in [1.29, 1.82) is 0 Å².